The summed E-state index contributed by atoms with van der Waals surface area (Å²) in [5.74, 6) is -0.143. The molecule has 0 atom stereocenters. The molecule has 5 rings (SSSR count). The van der Waals surface area contributed by atoms with Gasteiger partial charge in [-0.1, -0.05) is 11.6 Å². The van der Waals surface area contributed by atoms with Crippen LogP contribution in [0.2, 0.25) is 5.15 Å². The van der Waals surface area contributed by atoms with Crippen LogP contribution in [0.4, 0.5) is 15.0 Å². The number of aromatic nitrogens is 5. The lowest BCUT2D eigenvalue weighted by Gasteiger charge is -2.28. The summed E-state index contributed by atoms with van der Waals surface area (Å²) in [6.45, 7) is 4.13. The molecule has 38 heavy (non-hydrogen) atoms. The number of carbonyl (C=O) groups excluding carboxylic acids is 1. The van der Waals surface area contributed by atoms with E-state index in [9.17, 15) is 9.18 Å². The van der Waals surface area contributed by atoms with Crippen molar-refractivity contribution >= 4 is 39.2 Å². The van der Waals surface area contributed by atoms with E-state index in [0.29, 0.717) is 45.7 Å². The number of nitrogens with one attached hydrogen (secondary N) is 1. The molecule has 190 valence electrons. The third kappa shape index (κ3) is 4.42. The second kappa shape index (κ2) is 9.83. The van der Waals surface area contributed by atoms with E-state index in [0.717, 1.165) is 0 Å². The average molecular weight is 531 g/mol. The number of amides is 1. The molecular formula is C25H22B2ClFN6O3. The number of anilines is 1. The van der Waals surface area contributed by atoms with Crippen LogP contribution in [0.5, 0.6) is 5.75 Å². The molecule has 0 aliphatic carbocycles. The first-order chi connectivity index (χ1) is 18.1. The minimum atomic E-state index is -1.66. The van der Waals surface area contributed by atoms with Crippen LogP contribution in [-0.4, -0.2) is 52.9 Å². The molecule has 0 saturated carbocycles. The number of hydrogen-bond acceptors (Lipinski definition) is 6. The summed E-state index contributed by atoms with van der Waals surface area (Å²) in [4.78, 5) is 16.6. The molecule has 9 nitrogen and oxygen atoms in total. The highest BCUT2D eigenvalue weighted by atomic mass is 35.5. The Kier molecular flexibility index (Phi) is 6.68. The molecule has 1 amide bonds. The Morgan fingerprint density at radius 1 is 1.29 bits per heavy atom. The van der Waals surface area contributed by atoms with E-state index >= 15 is 0 Å². The Morgan fingerprint density at radius 2 is 2.08 bits per heavy atom. The SMILES string of the molecule is [B]C1([B])c2cn(C)nc2-c2ccc(F)cc2COc2cc(cnc2NC(=O)OCC)-c2c1c(Cl)nn2CC. The fourth-order valence-corrected chi connectivity index (χ4v) is 4.89. The Morgan fingerprint density at radius 3 is 2.82 bits per heavy atom. The topological polar surface area (TPSA) is 96.1 Å². The van der Waals surface area contributed by atoms with E-state index in [2.05, 4.69) is 20.5 Å². The minimum Gasteiger partial charge on any atom is -0.485 e. The summed E-state index contributed by atoms with van der Waals surface area (Å²) in [5.41, 5.74) is 3.35. The molecule has 2 bridgehead atoms. The number of hydrogen-bond donors (Lipinski definition) is 1. The first-order valence-electron chi connectivity index (χ1n) is 11.9. The van der Waals surface area contributed by atoms with Gasteiger partial charge in [-0.3, -0.25) is 14.7 Å². The summed E-state index contributed by atoms with van der Waals surface area (Å²) >= 11 is 6.67. The van der Waals surface area contributed by atoms with Crippen molar-refractivity contribution < 1.29 is 18.7 Å². The van der Waals surface area contributed by atoms with Gasteiger partial charge in [-0.15, -0.1) is 0 Å². The van der Waals surface area contributed by atoms with Crippen LogP contribution in [0.15, 0.2) is 36.7 Å². The van der Waals surface area contributed by atoms with Gasteiger partial charge >= 0.3 is 6.09 Å². The van der Waals surface area contributed by atoms with E-state index < -0.39 is 17.1 Å². The van der Waals surface area contributed by atoms with Gasteiger partial charge in [-0.25, -0.2) is 14.2 Å². The fraction of sp³-hybridized carbons (Fsp3) is 0.280. The second-order valence-electron chi connectivity index (χ2n) is 8.77. The van der Waals surface area contributed by atoms with Gasteiger partial charge in [0, 0.05) is 48.2 Å². The number of halogens is 2. The van der Waals surface area contributed by atoms with Crippen LogP contribution in [0.25, 0.3) is 22.5 Å². The Labute approximate surface area is 226 Å². The largest absolute Gasteiger partial charge is 0.485 e. The molecule has 1 aliphatic rings. The smallest absolute Gasteiger partial charge is 0.412 e. The lowest BCUT2D eigenvalue weighted by molar-refractivity contribution is 0.167. The molecule has 1 aliphatic heterocycles. The maximum Gasteiger partial charge on any atom is 0.412 e. The number of rotatable bonds is 3. The zero-order valence-electron chi connectivity index (χ0n) is 21.0. The molecule has 0 saturated heterocycles. The van der Waals surface area contributed by atoms with Gasteiger partial charge in [0.05, 0.1) is 33.7 Å². The fourth-order valence-electron chi connectivity index (χ4n) is 4.56. The third-order valence-corrected chi connectivity index (χ3v) is 6.49. The molecule has 4 aromatic rings. The number of aryl methyl sites for hydroxylation is 2. The minimum absolute atomic E-state index is 0.0749. The van der Waals surface area contributed by atoms with Gasteiger partial charge in [0.2, 0.25) is 0 Å². The van der Waals surface area contributed by atoms with Crippen LogP contribution >= 0.6 is 11.6 Å². The van der Waals surface area contributed by atoms with Crippen molar-refractivity contribution in [1.82, 2.24) is 24.5 Å². The van der Waals surface area contributed by atoms with E-state index in [4.69, 9.17) is 36.8 Å². The van der Waals surface area contributed by atoms with E-state index in [1.165, 1.54) is 18.3 Å². The number of pyridine rings is 1. The molecule has 4 radical (unpaired) electrons. The first-order valence-corrected chi connectivity index (χ1v) is 12.3. The molecule has 0 spiro atoms. The summed E-state index contributed by atoms with van der Waals surface area (Å²) in [7, 11) is 15.5. The van der Waals surface area contributed by atoms with Gasteiger partial charge in [0.25, 0.3) is 0 Å². The van der Waals surface area contributed by atoms with Gasteiger partial charge < -0.3 is 9.47 Å². The predicted octanol–water partition coefficient (Wildman–Crippen LogP) is 4.16. The summed E-state index contributed by atoms with van der Waals surface area (Å²) in [6.07, 6.45) is 2.53. The highest BCUT2D eigenvalue weighted by Gasteiger charge is 2.36. The number of fused-ring (bicyclic) bond motifs is 7. The van der Waals surface area contributed by atoms with Crippen LogP contribution in [-0.2, 0) is 30.1 Å². The van der Waals surface area contributed by atoms with Crippen molar-refractivity contribution in [2.24, 2.45) is 7.05 Å². The van der Waals surface area contributed by atoms with E-state index in [-0.39, 0.29) is 29.9 Å². The lowest BCUT2D eigenvalue weighted by Crippen LogP contribution is -2.30. The average Bonchev–Trinajstić information content (AvgIpc) is 3.43. The quantitative estimate of drug-likeness (QED) is 0.400. The third-order valence-electron chi connectivity index (χ3n) is 6.23. The molecule has 1 N–H and O–H groups in total. The number of benzene rings is 1. The molecule has 13 heteroatoms. The van der Waals surface area contributed by atoms with Gasteiger partial charge in [-0.2, -0.15) is 10.2 Å². The normalized spacial score (nSPS) is 13.7. The molecule has 0 fully saturated rings. The standard InChI is InChI=1S/C25H22B2ClFN6O3/c1-4-35-21-13-9-18(23(30-10-13)31-24(36)37-5-2)38-12-14-8-15(29)6-7-16(14)20-17(11-34(3)32-20)25(26,27)19(21)22(28)33-35/h6-11H,4-5,12H2,1-3H3,(H,30,31,36). The maximum atomic E-state index is 14.4. The van der Waals surface area contributed by atoms with Crippen molar-refractivity contribution in [3.8, 4) is 28.3 Å². The summed E-state index contributed by atoms with van der Waals surface area (Å²) in [6, 6.07) is 5.92. The maximum absolute atomic E-state index is 14.4. The first kappa shape index (κ1) is 25.8. The highest BCUT2D eigenvalue weighted by molar-refractivity contribution is 6.45. The van der Waals surface area contributed by atoms with Gasteiger partial charge in [0.15, 0.2) is 16.7 Å². The van der Waals surface area contributed by atoms with Crippen molar-refractivity contribution in [2.75, 3.05) is 11.9 Å². The van der Waals surface area contributed by atoms with E-state index in [1.54, 1.807) is 41.7 Å². The molecule has 3 aromatic heterocycles. The van der Waals surface area contributed by atoms with Crippen molar-refractivity contribution in [3.63, 3.8) is 0 Å². The zero-order chi connectivity index (χ0) is 27.2. The highest BCUT2D eigenvalue weighted by Crippen LogP contribution is 2.44. The second-order valence-corrected chi connectivity index (χ2v) is 9.13. The van der Waals surface area contributed by atoms with Crippen molar-refractivity contribution in [1.29, 1.82) is 0 Å². The summed E-state index contributed by atoms with van der Waals surface area (Å²) in [5, 5.41) is 10.1. The summed E-state index contributed by atoms with van der Waals surface area (Å²) < 4.78 is 28.7. The number of carbonyl (C=O) groups is 1. The van der Waals surface area contributed by atoms with Crippen molar-refractivity contribution in [2.45, 2.75) is 32.2 Å². The molecule has 0 unspecified atom stereocenters. The van der Waals surface area contributed by atoms with Crippen molar-refractivity contribution in [3.05, 3.63) is 64.3 Å². The van der Waals surface area contributed by atoms with Crippen LogP contribution in [0, 0.1) is 5.82 Å². The monoisotopic (exact) mass is 530 g/mol. The molecule has 1 aromatic carbocycles. The number of ether oxygens (including phenoxy) is 2. The Balaban J connectivity index is 1.82. The predicted molar refractivity (Wildman–Crippen MR) is 142 cm³/mol. The van der Waals surface area contributed by atoms with Crippen LogP contribution in [0.1, 0.15) is 30.5 Å². The Hall–Kier alpha value is -3.79. The van der Waals surface area contributed by atoms with Crippen LogP contribution < -0.4 is 10.1 Å². The lowest BCUT2D eigenvalue weighted by atomic mass is 9.47. The van der Waals surface area contributed by atoms with Crippen LogP contribution in [0.3, 0.4) is 0 Å². The van der Waals surface area contributed by atoms with Gasteiger partial charge in [0.1, 0.15) is 12.4 Å². The van der Waals surface area contributed by atoms with E-state index in [1.807, 2.05) is 6.92 Å². The van der Waals surface area contributed by atoms with Gasteiger partial charge in [-0.05, 0) is 48.9 Å². The zero-order valence-corrected chi connectivity index (χ0v) is 21.7. The molecular weight excluding hydrogens is 508 g/mol. The number of nitrogens with zero attached hydrogens (tertiary/aromatic N) is 5. The Bertz CT molecular complexity index is 1550. The molecule has 4 heterocycles.